The third-order valence-corrected chi connectivity index (χ3v) is 11.5. The molecule has 2 saturated heterocycles. The maximum Gasteiger partial charge on any atom is 0.407 e. The fraction of sp³-hybridized carbons (Fsp3) is 0.409. The molecule has 5 aromatic rings. The molecule has 2 aliphatic rings. The summed E-state index contributed by atoms with van der Waals surface area (Å²) in [5.74, 6) is 1.76. The fourth-order valence-electron chi connectivity index (χ4n) is 8.32. The summed E-state index contributed by atoms with van der Waals surface area (Å²) >= 11 is 0. The van der Waals surface area contributed by atoms with Crippen LogP contribution in [0, 0.1) is 11.8 Å². The highest BCUT2D eigenvalue weighted by atomic mass is 16.5. The van der Waals surface area contributed by atoms with Crippen LogP contribution in [0.5, 0.6) is 0 Å². The number of hydrogen-bond acceptors (Lipinski definition) is 8. The van der Waals surface area contributed by atoms with E-state index in [1.165, 1.54) is 14.2 Å². The first-order chi connectivity index (χ1) is 28.0. The van der Waals surface area contributed by atoms with Crippen molar-refractivity contribution in [3.05, 3.63) is 84.7 Å². The number of ether oxygens (including phenoxy) is 2. The van der Waals surface area contributed by atoms with Gasteiger partial charge in [-0.3, -0.25) is 9.59 Å². The molecule has 0 aliphatic carbocycles. The van der Waals surface area contributed by atoms with Crippen molar-refractivity contribution in [2.45, 2.75) is 77.5 Å². The molecule has 4 N–H and O–H groups in total. The Morgan fingerprint density at radius 3 is 1.53 bits per heavy atom. The van der Waals surface area contributed by atoms with E-state index in [9.17, 15) is 19.2 Å². The second kappa shape index (κ2) is 17.1. The fourth-order valence-corrected chi connectivity index (χ4v) is 8.32. The number of nitrogens with zero attached hydrogens (tertiary/aromatic N) is 4. The molecule has 14 nitrogen and oxygen atoms in total. The van der Waals surface area contributed by atoms with Crippen LogP contribution < -0.4 is 10.6 Å². The Balaban J connectivity index is 1.03. The Kier molecular flexibility index (Phi) is 11.8. The van der Waals surface area contributed by atoms with E-state index < -0.39 is 24.3 Å². The summed E-state index contributed by atoms with van der Waals surface area (Å²) in [6.07, 6.45) is 4.85. The number of carbonyl (C=O) groups is 4. The molecule has 2 fully saturated rings. The monoisotopic (exact) mass is 788 g/mol. The van der Waals surface area contributed by atoms with Crippen molar-refractivity contribution >= 4 is 34.8 Å². The van der Waals surface area contributed by atoms with Gasteiger partial charge in [0.2, 0.25) is 11.8 Å². The zero-order valence-electron chi connectivity index (χ0n) is 33.9. The maximum atomic E-state index is 13.5. The van der Waals surface area contributed by atoms with E-state index in [2.05, 4.69) is 95.1 Å². The van der Waals surface area contributed by atoms with Gasteiger partial charge >= 0.3 is 12.2 Å². The molecule has 7 rings (SSSR count). The number of aromatic nitrogens is 4. The van der Waals surface area contributed by atoms with Crippen LogP contribution in [-0.2, 0) is 19.1 Å². The van der Waals surface area contributed by atoms with E-state index in [0.717, 1.165) is 68.9 Å². The molecule has 3 aromatic carbocycles. The van der Waals surface area contributed by atoms with Crippen LogP contribution in [0.2, 0.25) is 0 Å². The minimum atomic E-state index is -0.668. The summed E-state index contributed by atoms with van der Waals surface area (Å²) < 4.78 is 9.47. The minimum absolute atomic E-state index is 0.138. The number of benzene rings is 3. The van der Waals surface area contributed by atoms with Crippen LogP contribution in [0.25, 0.3) is 44.4 Å². The first-order valence-corrected chi connectivity index (χ1v) is 20.0. The topological polar surface area (TPSA) is 175 Å². The molecule has 2 aliphatic heterocycles. The van der Waals surface area contributed by atoms with Gasteiger partial charge in [-0.2, -0.15) is 0 Å². The lowest BCUT2D eigenvalue weighted by Crippen LogP contribution is -2.48. The van der Waals surface area contributed by atoms with Crippen molar-refractivity contribution < 1.29 is 28.7 Å². The van der Waals surface area contributed by atoms with Gasteiger partial charge in [-0.05, 0) is 77.1 Å². The predicted molar refractivity (Wildman–Crippen MR) is 220 cm³/mol. The Morgan fingerprint density at radius 1 is 0.655 bits per heavy atom. The highest BCUT2D eigenvalue weighted by Gasteiger charge is 2.40. The average molecular weight is 789 g/mol. The highest BCUT2D eigenvalue weighted by molar-refractivity contribution is 5.91. The van der Waals surface area contributed by atoms with Crippen LogP contribution in [0.4, 0.5) is 9.59 Å². The number of aromatic amines is 2. The van der Waals surface area contributed by atoms with E-state index in [4.69, 9.17) is 19.4 Å². The van der Waals surface area contributed by atoms with Gasteiger partial charge in [-0.15, -0.1) is 0 Å². The lowest BCUT2D eigenvalue weighted by atomic mass is 9.98. The highest BCUT2D eigenvalue weighted by Crippen LogP contribution is 2.38. The molecule has 14 heteroatoms. The third kappa shape index (κ3) is 8.27. The SMILES string of the molecule is CC[C@H](NC(=O)OC)C(=O)N1C[C@@H](C)C[C@H]1c1ncc(-c2ccc(-c3ccc4cc(-c5cnc([C@@H]6C[C@H](C)CN6C(=O)[C@H](CC)NC(=O)OC)[nH]5)ccc4c3)cc2)[nH]1. The lowest BCUT2D eigenvalue weighted by Gasteiger charge is -2.27. The Morgan fingerprint density at radius 2 is 1.07 bits per heavy atom. The van der Waals surface area contributed by atoms with Crippen molar-refractivity contribution in [1.29, 1.82) is 0 Å². The van der Waals surface area contributed by atoms with Gasteiger partial charge in [0.15, 0.2) is 0 Å². The molecule has 6 atom stereocenters. The molecule has 2 aromatic heterocycles. The van der Waals surface area contributed by atoms with Crippen molar-refractivity contribution in [1.82, 2.24) is 40.4 Å². The Bertz CT molecular complexity index is 2280. The largest absolute Gasteiger partial charge is 0.453 e. The van der Waals surface area contributed by atoms with Crippen molar-refractivity contribution in [2.24, 2.45) is 11.8 Å². The second-order valence-electron chi connectivity index (χ2n) is 15.6. The smallest absolute Gasteiger partial charge is 0.407 e. The summed E-state index contributed by atoms with van der Waals surface area (Å²) in [5, 5.41) is 7.52. The number of nitrogens with one attached hydrogen (secondary N) is 4. The van der Waals surface area contributed by atoms with Gasteiger partial charge in [0.25, 0.3) is 0 Å². The summed E-state index contributed by atoms with van der Waals surface area (Å²) in [6.45, 7) is 9.15. The van der Waals surface area contributed by atoms with Gasteiger partial charge < -0.3 is 39.9 Å². The molecule has 304 valence electrons. The molecule has 0 radical (unpaired) electrons. The number of fused-ring (bicyclic) bond motifs is 1. The van der Waals surface area contributed by atoms with E-state index in [0.29, 0.717) is 31.8 Å². The van der Waals surface area contributed by atoms with E-state index >= 15 is 0 Å². The number of alkyl carbamates (subject to hydrolysis) is 2. The van der Waals surface area contributed by atoms with Crippen LogP contribution >= 0.6 is 0 Å². The van der Waals surface area contributed by atoms with Crippen molar-refractivity contribution in [3.8, 4) is 33.6 Å². The first kappa shape index (κ1) is 40.0. The van der Waals surface area contributed by atoms with Crippen LogP contribution in [0.1, 0.15) is 77.1 Å². The summed E-state index contributed by atoms with van der Waals surface area (Å²) in [4.78, 5) is 70.8. The Labute approximate surface area is 338 Å². The molecule has 4 heterocycles. The molecule has 4 amide bonds. The van der Waals surface area contributed by atoms with Crippen LogP contribution in [-0.4, -0.2) is 93.1 Å². The number of carbonyl (C=O) groups excluding carboxylic acids is 4. The zero-order valence-corrected chi connectivity index (χ0v) is 33.9. The first-order valence-electron chi connectivity index (χ1n) is 20.0. The van der Waals surface area contributed by atoms with Gasteiger partial charge in [0.1, 0.15) is 23.7 Å². The van der Waals surface area contributed by atoms with Crippen LogP contribution in [0.15, 0.2) is 73.1 Å². The van der Waals surface area contributed by atoms with Crippen LogP contribution in [0.3, 0.4) is 0 Å². The van der Waals surface area contributed by atoms with E-state index in [-0.39, 0.29) is 29.8 Å². The molecule has 58 heavy (non-hydrogen) atoms. The molecule has 0 saturated carbocycles. The van der Waals surface area contributed by atoms with Gasteiger partial charge in [-0.25, -0.2) is 19.6 Å². The van der Waals surface area contributed by atoms with Gasteiger partial charge in [0.05, 0.1) is 50.1 Å². The molecule has 0 spiro atoms. The van der Waals surface area contributed by atoms with Crippen molar-refractivity contribution in [2.75, 3.05) is 27.3 Å². The summed E-state index contributed by atoms with van der Waals surface area (Å²) in [7, 11) is 2.58. The van der Waals surface area contributed by atoms with Gasteiger partial charge in [0, 0.05) is 18.7 Å². The number of methoxy groups -OCH3 is 2. The zero-order chi connectivity index (χ0) is 41.1. The quantitative estimate of drug-likeness (QED) is 0.107. The Hall–Kier alpha value is -6.18. The van der Waals surface area contributed by atoms with Gasteiger partial charge in [-0.1, -0.05) is 76.2 Å². The molecule has 0 unspecified atom stereocenters. The second-order valence-corrected chi connectivity index (χ2v) is 15.6. The number of rotatable bonds is 11. The number of amides is 4. The van der Waals surface area contributed by atoms with Crippen molar-refractivity contribution in [3.63, 3.8) is 0 Å². The minimum Gasteiger partial charge on any atom is -0.453 e. The number of hydrogen-bond donors (Lipinski definition) is 4. The summed E-state index contributed by atoms with van der Waals surface area (Å²) in [5.41, 5.74) is 5.88. The van der Waals surface area contributed by atoms with E-state index in [1.807, 2.05) is 36.0 Å². The summed E-state index contributed by atoms with van der Waals surface area (Å²) in [6, 6.07) is 19.3. The maximum absolute atomic E-state index is 13.5. The molecular weight excluding hydrogens is 737 g/mol. The number of H-pyrrole nitrogens is 2. The number of imidazole rings is 2. The third-order valence-electron chi connectivity index (χ3n) is 11.5. The number of likely N-dealkylation sites (tertiary alicyclic amines) is 2. The average Bonchev–Trinajstić information content (AvgIpc) is 4.07. The predicted octanol–water partition coefficient (Wildman–Crippen LogP) is 7.38. The standard InChI is InChI=1S/C44H52N8O6/c1-7-33(49-43(55)57-5)41(53)51-23-25(3)17-37(51)39-45-21-35(47-39)28-11-9-27(10-12-28)29-13-14-31-20-32(16-15-30(31)19-29)36-22-46-40(48-36)38-18-26(4)24-52(38)42(54)34(8-2)50-44(56)58-6/h9-16,19-22,25-26,33-34,37-38H,7-8,17-18,23-24H2,1-6H3,(H,45,47)(H,46,48)(H,49,55)(H,50,56)/t25-,26-,33-,34-,37-,38-/m0/s1. The molecule has 0 bridgehead atoms. The van der Waals surface area contributed by atoms with E-state index in [1.54, 1.807) is 0 Å². The lowest BCUT2D eigenvalue weighted by molar-refractivity contribution is -0.135. The normalized spacial score (nSPS) is 20.2. The molecular formula is C44H52N8O6.